The van der Waals surface area contributed by atoms with Crippen molar-refractivity contribution in [3.8, 4) is 0 Å². The molecule has 0 radical (unpaired) electrons. The van der Waals surface area contributed by atoms with Crippen LogP contribution in [-0.2, 0) is 9.47 Å². The lowest BCUT2D eigenvalue weighted by Gasteiger charge is -2.52. The molecule has 2 saturated heterocycles. The van der Waals surface area contributed by atoms with E-state index in [0.29, 0.717) is 12.5 Å². The van der Waals surface area contributed by atoms with Gasteiger partial charge >= 0.3 is 0 Å². The monoisotopic (exact) mass is 240 g/mol. The minimum atomic E-state index is -0.496. The molecule has 0 aromatic rings. The highest BCUT2D eigenvalue weighted by Gasteiger charge is 2.49. The molecule has 98 valence electrons. The lowest BCUT2D eigenvalue weighted by molar-refractivity contribution is -0.197. The third-order valence-electron chi connectivity index (χ3n) is 5.10. The van der Waals surface area contributed by atoms with Crippen LogP contribution in [0.5, 0.6) is 0 Å². The predicted octanol–water partition coefficient (Wildman–Crippen LogP) is 2.27. The molecule has 17 heavy (non-hydrogen) atoms. The summed E-state index contributed by atoms with van der Waals surface area (Å²) in [5.41, 5.74) is -0.357. The molecule has 1 aliphatic carbocycles. The first-order chi connectivity index (χ1) is 8.12. The minimum Gasteiger partial charge on any atom is -0.389 e. The molecule has 0 aromatic heterocycles. The average Bonchev–Trinajstić information content (AvgIpc) is 2.27. The van der Waals surface area contributed by atoms with Crippen molar-refractivity contribution >= 4 is 0 Å². The van der Waals surface area contributed by atoms with Crippen molar-refractivity contribution < 1.29 is 14.6 Å². The van der Waals surface area contributed by atoms with Crippen molar-refractivity contribution in [3.63, 3.8) is 0 Å². The summed E-state index contributed by atoms with van der Waals surface area (Å²) in [6.07, 6.45) is 7.59. The number of hydrogen-bond acceptors (Lipinski definition) is 3. The van der Waals surface area contributed by atoms with Crippen molar-refractivity contribution in [2.45, 2.75) is 69.2 Å². The van der Waals surface area contributed by atoms with Crippen LogP contribution in [0.4, 0.5) is 0 Å². The molecular weight excluding hydrogens is 216 g/mol. The Morgan fingerprint density at radius 2 is 1.94 bits per heavy atom. The standard InChI is InChI=1S/C14H24O3/c1-11-9-14(15,6-8-16-11)12-3-7-17-13(10-12)4-2-5-13/h11-12,15H,2-10H2,1H3. The Bertz CT molecular complexity index is 287. The van der Waals surface area contributed by atoms with Gasteiger partial charge in [0, 0.05) is 19.6 Å². The molecule has 0 amide bonds. The van der Waals surface area contributed by atoms with Gasteiger partial charge in [0.15, 0.2) is 0 Å². The maximum atomic E-state index is 10.9. The molecule has 2 heterocycles. The van der Waals surface area contributed by atoms with Crippen molar-refractivity contribution in [3.05, 3.63) is 0 Å². The molecule has 0 aromatic carbocycles. The molecule has 1 saturated carbocycles. The summed E-state index contributed by atoms with van der Waals surface area (Å²) in [6.45, 7) is 3.62. The van der Waals surface area contributed by atoms with E-state index in [1.165, 1.54) is 19.3 Å². The van der Waals surface area contributed by atoms with Gasteiger partial charge in [-0.3, -0.25) is 0 Å². The van der Waals surface area contributed by atoms with Gasteiger partial charge in [-0.1, -0.05) is 0 Å². The fourth-order valence-electron chi connectivity index (χ4n) is 3.87. The summed E-state index contributed by atoms with van der Waals surface area (Å²) in [4.78, 5) is 0. The zero-order valence-electron chi connectivity index (χ0n) is 10.8. The van der Waals surface area contributed by atoms with Gasteiger partial charge in [0.25, 0.3) is 0 Å². The van der Waals surface area contributed by atoms with Crippen LogP contribution >= 0.6 is 0 Å². The van der Waals surface area contributed by atoms with Crippen LogP contribution in [-0.4, -0.2) is 35.6 Å². The van der Waals surface area contributed by atoms with Gasteiger partial charge in [0.1, 0.15) is 0 Å². The second-order valence-electron chi connectivity index (χ2n) is 6.31. The molecule has 1 N–H and O–H groups in total. The molecule has 3 nitrogen and oxygen atoms in total. The molecule has 0 bridgehead atoms. The van der Waals surface area contributed by atoms with E-state index < -0.39 is 5.60 Å². The van der Waals surface area contributed by atoms with Crippen molar-refractivity contribution in [2.75, 3.05) is 13.2 Å². The number of aliphatic hydroxyl groups is 1. The number of hydrogen-bond donors (Lipinski definition) is 1. The van der Waals surface area contributed by atoms with E-state index in [1.54, 1.807) is 0 Å². The van der Waals surface area contributed by atoms with Gasteiger partial charge in [-0.25, -0.2) is 0 Å². The zero-order chi connectivity index (χ0) is 11.9. The van der Waals surface area contributed by atoms with Crippen LogP contribution in [0.25, 0.3) is 0 Å². The lowest BCUT2D eigenvalue weighted by Crippen LogP contribution is -2.54. The second kappa shape index (κ2) is 4.22. The second-order valence-corrected chi connectivity index (χ2v) is 6.31. The maximum Gasteiger partial charge on any atom is 0.0724 e. The Morgan fingerprint density at radius 3 is 2.59 bits per heavy atom. The SMILES string of the molecule is CC1CC(O)(C2CCOC3(CCC3)C2)CCO1. The van der Waals surface area contributed by atoms with Gasteiger partial charge in [-0.05, 0) is 51.4 Å². The first-order valence-corrected chi connectivity index (χ1v) is 7.10. The molecule has 3 fully saturated rings. The minimum absolute atomic E-state index is 0.139. The van der Waals surface area contributed by atoms with Crippen LogP contribution in [0.2, 0.25) is 0 Å². The van der Waals surface area contributed by atoms with E-state index in [-0.39, 0.29) is 11.7 Å². The summed E-state index contributed by atoms with van der Waals surface area (Å²) in [7, 11) is 0. The van der Waals surface area contributed by atoms with E-state index in [2.05, 4.69) is 6.92 Å². The highest BCUT2D eigenvalue weighted by molar-refractivity contribution is 5.00. The summed E-state index contributed by atoms with van der Waals surface area (Å²) in [5, 5.41) is 10.9. The van der Waals surface area contributed by atoms with Crippen molar-refractivity contribution in [1.82, 2.24) is 0 Å². The summed E-state index contributed by atoms with van der Waals surface area (Å²) < 4.78 is 11.5. The molecule has 3 rings (SSSR count). The third kappa shape index (κ3) is 2.13. The molecule has 3 heteroatoms. The third-order valence-corrected chi connectivity index (χ3v) is 5.10. The zero-order valence-corrected chi connectivity index (χ0v) is 10.8. The smallest absolute Gasteiger partial charge is 0.0724 e. The van der Waals surface area contributed by atoms with E-state index in [4.69, 9.17) is 9.47 Å². The van der Waals surface area contributed by atoms with Gasteiger partial charge in [0.2, 0.25) is 0 Å². The quantitative estimate of drug-likeness (QED) is 0.764. The van der Waals surface area contributed by atoms with Crippen molar-refractivity contribution in [1.29, 1.82) is 0 Å². The number of ether oxygens (including phenoxy) is 2. The molecule has 2 aliphatic heterocycles. The first kappa shape index (κ1) is 11.9. The maximum absolute atomic E-state index is 10.9. The van der Waals surface area contributed by atoms with E-state index in [9.17, 15) is 5.11 Å². The Kier molecular flexibility index (Phi) is 2.96. The molecule has 3 aliphatic rings. The van der Waals surface area contributed by atoms with Gasteiger partial charge in [0.05, 0.1) is 17.3 Å². The lowest BCUT2D eigenvalue weighted by atomic mass is 9.66. The Balaban J connectivity index is 1.69. The van der Waals surface area contributed by atoms with Crippen molar-refractivity contribution in [2.24, 2.45) is 5.92 Å². The van der Waals surface area contributed by atoms with Crippen LogP contribution < -0.4 is 0 Å². The van der Waals surface area contributed by atoms with E-state index in [0.717, 1.165) is 32.3 Å². The van der Waals surface area contributed by atoms with Crippen LogP contribution in [0.1, 0.15) is 51.9 Å². The Hall–Kier alpha value is -0.120. The van der Waals surface area contributed by atoms with Crippen LogP contribution in [0, 0.1) is 5.92 Å². The Labute approximate surface area is 103 Å². The number of rotatable bonds is 1. The molecular formula is C14H24O3. The van der Waals surface area contributed by atoms with Crippen LogP contribution in [0.3, 0.4) is 0 Å². The Morgan fingerprint density at radius 1 is 1.12 bits per heavy atom. The summed E-state index contributed by atoms with van der Waals surface area (Å²) in [5.74, 6) is 0.419. The molecule has 3 unspecified atom stereocenters. The predicted molar refractivity (Wildman–Crippen MR) is 64.9 cm³/mol. The van der Waals surface area contributed by atoms with Crippen LogP contribution in [0.15, 0.2) is 0 Å². The largest absolute Gasteiger partial charge is 0.389 e. The van der Waals surface area contributed by atoms with Gasteiger partial charge in [-0.15, -0.1) is 0 Å². The van der Waals surface area contributed by atoms with Gasteiger partial charge < -0.3 is 14.6 Å². The van der Waals surface area contributed by atoms with E-state index in [1.807, 2.05) is 0 Å². The highest BCUT2D eigenvalue weighted by Crippen LogP contribution is 2.48. The summed E-state index contributed by atoms with van der Waals surface area (Å²) in [6, 6.07) is 0. The fourth-order valence-corrected chi connectivity index (χ4v) is 3.87. The summed E-state index contributed by atoms with van der Waals surface area (Å²) >= 11 is 0. The molecule has 3 atom stereocenters. The topological polar surface area (TPSA) is 38.7 Å². The fraction of sp³-hybridized carbons (Fsp3) is 1.00. The van der Waals surface area contributed by atoms with Gasteiger partial charge in [-0.2, -0.15) is 0 Å². The normalized spacial score (nSPS) is 45.5. The van der Waals surface area contributed by atoms with E-state index >= 15 is 0 Å². The molecule has 1 spiro atoms. The average molecular weight is 240 g/mol. The highest BCUT2D eigenvalue weighted by atomic mass is 16.5. The first-order valence-electron chi connectivity index (χ1n) is 7.10.